The first-order valence-corrected chi connectivity index (χ1v) is 6.38. The van der Waals surface area contributed by atoms with Gasteiger partial charge in [-0.25, -0.2) is 0 Å². The van der Waals surface area contributed by atoms with Crippen LogP contribution in [0.4, 0.5) is 0 Å². The summed E-state index contributed by atoms with van der Waals surface area (Å²) in [6, 6.07) is 9.80. The Balaban J connectivity index is 2.24. The van der Waals surface area contributed by atoms with Crippen LogP contribution in [0.15, 0.2) is 30.3 Å². The van der Waals surface area contributed by atoms with Gasteiger partial charge < -0.3 is 0 Å². The molecule has 0 unspecified atom stereocenters. The van der Waals surface area contributed by atoms with E-state index in [0.29, 0.717) is 5.78 Å². The summed E-state index contributed by atoms with van der Waals surface area (Å²) >= 11 is 0. The topological polar surface area (TPSA) is 17.1 Å². The molecule has 0 saturated heterocycles. The van der Waals surface area contributed by atoms with Crippen LogP contribution in [-0.2, 0) is 0 Å². The van der Waals surface area contributed by atoms with E-state index in [2.05, 4.69) is 6.92 Å². The molecule has 0 spiro atoms. The summed E-state index contributed by atoms with van der Waals surface area (Å²) in [5, 5.41) is 0. The molecule has 1 heteroatoms. The van der Waals surface area contributed by atoms with E-state index in [9.17, 15) is 4.79 Å². The summed E-state index contributed by atoms with van der Waals surface area (Å²) in [6.45, 7) is 2.18. The zero-order chi connectivity index (χ0) is 11.4. The summed E-state index contributed by atoms with van der Waals surface area (Å²) in [6.07, 6.45) is 6.79. The molecule has 1 nitrogen and oxygen atoms in total. The minimum Gasteiger partial charge on any atom is -0.294 e. The molecule has 0 bridgehead atoms. The van der Waals surface area contributed by atoms with Crippen molar-refractivity contribution >= 4 is 5.78 Å². The van der Waals surface area contributed by atoms with Crippen molar-refractivity contribution in [1.29, 1.82) is 0 Å². The van der Waals surface area contributed by atoms with Crippen LogP contribution in [0, 0.1) is 5.41 Å². The average Bonchev–Trinajstić information content (AvgIpc) is 2.80. The molecule has 0 atom stereocenters. The van der Waals surface area contributed by atoms with Gasteiger partial charge in [0.1, 0.15) is 0 Å². The van der Waals surface area contributed by atoms with Gasteiger partial charge in [-0.2, -0.15) is 0 Å². The second-order valence-electron chi connectivity index (χ2n) is 4.93. The molecular weight excluding hydrogens is 196 g/mol. The van der Waals surface area contributed by atoms with Gasteiger partial charge >= 0.3 is 0 Å². The van der Waals surface area contributed by atoms with Gasteiger partial charge in [0, 0.05) is 11.0 Å². The highest BCUT2D eigenvalue weighted by molar-refractivity contribution is 6.00. The van der Waals surface area contributed by atoms with Crippen molar-refractivity contribution in [3.8, 4) is 0 Å². The maximum atomic E-state index is 12.6. The lowest BCUT2D eigenvalue weighted by Crippen LogP contribution is -2.28. The predicted octanol–water partition coefficient (Wildman–Crippen LogP) is 4.23. The summed E-state index contributed by atoms with van der Waals surface area (Å²) < 4.78 is 0. The van der Waals surface area contributed by atoms with Gasteiger partial charge in [-0.05, 0) is 19.3 Å². The van der Waals surface area contributed by atoms with Gasteiger partial charge in [-0.15, -0.1) is 0 Å². The Hall–Kier alpha value is -1.11. The third-order valence-corrected chi connectivity index (χ3v) is 3.81. The number of carbonyl (C=O) groups is 1. The van der Waals surface area contributed by atoms with Crippen LogP contribution in [0.25, 0.3) is 0 Å². The average molecular weight is 216 g/mol. The van der Waals surface area contributed by atoms with Crippen molar-refractivity contribution in [2.24, 2.45) is 5.41 Å². The fourth-order valence-electron chi connectivity index (χ4n) is 3.02. The molecule has 0 heterocycles. The Morgan fingerprint density at radius 2 is 1.81 bits per heavy atom. The minimum absolute atomic E-state index is 0.0316. The van der Waals surface area contributed by atoms with Crippen LogP contribution < -0.4 is 0 Å². The van der Waals surface area contributed by atoms with Crippen LogP contribution >= 0.6 is 0 Å². The molecule has 86 valence electrons. The minimum atomic E-state index is -0.0316. The van der Waals surface area contributed by atoms with Crippen LogP contribution in [0.1, 0.15) is 55.8 Å². The predicted molar refractivity (Wildman–Crippen MR) is 66.6 cm³/mol. The van der Waals surface area contributed by atoms with Gasteiger partial charge in [-0.1, -0.05) is 56.5 Å². The fourth-order valence-corrected chi connectivity index (χ4v) is 3.02. The highest BCUT2D eigenvalue weighted by Gasteiger charge is 2.40. The van der Waals surface area contributed by atoms with E-state index in [-0.39, 0.29) is 5.41 Å². The molecule has 0 aliphatic heterocycles. The van der Waals surface area contributed by atoms with Gasteiger partial charge in [0.05, 0.1) is 0 Å². The van der Waals surface area contributed by atoms with Crippen LogP contribution in [-0.4, -0.2) is 5.78 Å². The number of ketones is 1. The Morgan fingerprint density at radius 1 is 1.19 bits per heavy atom. The molecule has 0 radical (unpaired) electrons. The molecule has 16 heavy (non-hydrogen) atoms. The van der Waals surface area contributed by atoms with E-state index < -0.39 is 0 Å². The SMILES string of the molecule is CCCC1(C(=O)c2ccccc2)CCCC1. The summed E-state index contributed by atoms with van der Waals surface area (Å²) in [5.74, 6) is 0.382. The molecule has 2 rings (SSSR count). The van der Waals surface area contributed by atoms with Crippen molar-refractivity contribution in [3.05, 3.63) is 35.9 Å². The Labute approximate surface area is 97.9 Å². The fraction of sp³-hybridized carbons (Fsp3) is 0.533. The largest absolute Gasteiger partial charge is 0.294 e. The first kappa shape index (κ1) is 11.4. The molecule has 1 aromatic carbocycles. The Kier molecular flexibility index (Phi) is 3.42. The van der Waals surface area contributed by atoms with Crippen LogP contribution in [0.5, 0.6) is 0 Å². The first-order valence-electron chi connectivity index (χ1n) is 6.38. The number of benzene rings is 1. The molecule has 1 aromatic rings. The van der Waals surface area contributed by atoms with Gasteiger partial charge in [0.15, 0.2) is 5.78 Å². The molecule has 0 amide bonds. The quantitative estimate of drug-likeness (QED) is 0.688. The molecule has 1 aliphatic rings. The van der Waals surface area contributed by atoms with Crippen LogP contribution in [0.3, 0.4) is 0 Å². The number of Topliss-reactive ketones (excluding diaryl/α,β-unsaturated/α-hetero) is 1. The second-order valence-corrected chi connectivity index (χ2v) is 4.93. The van der Waals surface area contributed by atoms with E-state index >= 15 is 0 Å². The number of carbonyl (C=O) groups excluding carboxylic acids is 1. The Bertz CT molecular complexity index is 347. The lowest BCUT2D eigenvalue weighted by atomic mass is 9.75. The lowest BCUT2D eigenvalue weighted by molar-refractivity contribution is 0.0781. The standard InChI is InChI=1S/C15H20O/c1-2-10-15(11-6-7-12-15)14(16)13-8-4-3-5-9-13/h3-5,8-9H,2,6-7,10-12H2,1H3. The third kappa shape index (κ3) is 2.04. The highest BCUT2D eigenvalue weighted by atomic mass is 16.1. The summed E-state index contributed by atoms with van der Waals surface area (Å²) in [5.41, 5.74) is 0.869. The Morgan fingerprint density at radius 3 is 2.38 bits per heavy atom. The number of hydrogen-bond acceptors (Lipinski definition) is 1. The van der Waals surface area contributed by atoms with Crippen molar-refractivity contribution < 1.29 is 4.79 Å². The molecular formula is C15H20O. The zero-order valence-electron chi connectivity index (χ0n) is 10.0. The van der Waals surface area contributed by atoms with Crippen LogP contribution in [0.2, 0.25) is 0 Å². The zero-order valence-corrected chi connectivity index (χ0v) is 10.0. The normalized spacial score (nSPS) is 18.6. The number of hydrogen-bond donors (Lipinski definition) is 0. The maximum absolute atomic E-state index is 12.6. The van der Waals surface area contributed by atoms with E-state index in [1.165, 1.54) is 12.8 Å². The highest BCUT2D eigenvalue weighted by Crippen LogP contribution is 2.44. The molecule has 1 fully saturated rings. The second kappa shape index (κ2) is 4.82. The van der Waals surface area contributed by atoms with Crippen molar-refractivity contribution in [3.63, 3.8) is 0 Å². The lowest BCUT2D eigenvalue weighted by Gasteiger charge is -2.27. The maximum Gasteiger partial charge on any atom is 0.168 e. The molecule has 0 aromatic heterocycles. The first-order chi connectivity index (χ1) is 7.78. The van der Waals surface area contributed by atoms with E-state index in [0.717, 1.165) is 31.2 Å². The van der Waals surface area contributed by atoms with Crippen molar-refractivity contribution in [1.82, 2.24) is 0 Å². The third-order valence-electron chi connectivity index (χ3n) is 3.81. The van der Waals surface area contributed by atoms with E-state index in [4.69, 9.17) is 0 Å². The summed E-state index contributed by atoms with van der Waals surface area (Å²) in [7, 11) is 0. The molecule has 0 N–H and O–H groups in total. The molecule has 1 aliphatic carbocycles. The van der Waals surface area contributed by atoms with E-state index in [1.54, 1.807) is 0 Å². The summed E-state index contributed by atoms with van der Waals surface area (Å²) in [4.78, 5) is 12.6. The van der Waals surface area contributed by atoms with Crippen molar-refractivity contribution in [2.45, 2.75) is 45.4 Å². The van der Waals surface area contributed by atoms with Gasteiger partial charge in [0.25, 0.3) is 0 Å². The number of rotatable bonds is 4. The monoisotopic (exact) mass is 216 g/mol. The van der Waals surface area contributed by atoms with E-state index in [1.807, 2.05) is 30.3 Å². The molecule has 1 saturated carbocycles. The van der Waals surface area contributed by atoms with Gasteiger partial charge in [0.2, 0.25) is 0 Å². The van der Waals surface area contributed by atoms with Crippen molar-refractivity contribution in [2.75, 3.05) is 0 Å². The smallest absolute Gasteiger partial charge is 0.168 e. The van der Waals surface area contributed by atoms with Gasteiger partial charge in [-0.3, -0.25) is 4.79 Å².